The highest BCUT2D eigenvalue weighted by Crippen LogP contribution is 2.27. The Labute approximate surface area is 105 Å². The molecule has 2 aromatic rings. The standard InChI is InChI=1S/C14H14F2N2/c1-18(12-4-2-3-11(15)8-12)14-6-5-10(9-17)7-13(14)16/h2-8H,9,17H2,1H3. The Morgan fingerprint density at radius 1 is 1.11 bits per heavy atom. The lowest BCUT2D eigenvalue weighted by atomic mass is 10.1. The Bertz CT molecular complexity index is 555. The van der Waals surface area contributed by atoms with Gasteiger partial charge in [0, 0.05) is 19.3 Å². The van der Waals surface area contributed by atoms with E-state index >= 15 is 0 Å². The van der Waals surface area contributed by atoms with Gasteiger partial charge in [-0.3, -0.25) is 0 Å². The number of nitrogens with two attached hydrogens (primary N) is 1. The highest BCUT2D eigenvalue weighted by molar-refractivity contribution is 5.63. The molecule has 0 fully saturated rings. The van der Waals surface area contributed by atoms with E-state index in [1.54, 1.807) is 36.2 Å². The van der Waals surface area contributed by atoms with Gasteiger partial charge in [0.15, 0.2) is 0 Å². The van der Waals surface area contributed by atoms with Crippen molar-refractivity contribution in [2.45, 2.75) is 6.54 Å². The minimum atomic E-state index is -0.371. The van der Waals surface area contributed by atoms with Crippen LogP contribution in [0.2, 0.25) is 0 Å². The third-order valence-corrected chi connectivity index (χ3v) is 2.80. The highest BCUT2D eigenvalue weighted by Gasteiger charge is 2.10. The van der Waals surface area contributed by atoms with Gasteiger partial charge in [-0.25, -0.2) is 8.78 Å². The predicted molar refractivity (Wildman–Crippen MR) is 68.8 cm³/mol. The molecule has 0 aliphatic heterocycles. The van der Waals surface area contributed by atoms with E-state index in [2.05, 4.69) is 0 Å². The fraction of sp³-hybridized carbons (Fsp3) is 0.143. The van der Waals surface area contributed by atoms with Crippen molar-refractivity contribution in [2.75, 3.05) is 11.9 Å². The SMILES string of the molecule is CN(c1cccc(F)c1)c1ccc(CN)cc1F. The van der Waals surface area contributed by atoms with Crippen LogP contribution in [0.25, 0.3) is 0 Å². The molecule has 0 unspecified atom stereocenters. The van der Waals surface area contributed by atoms with Crippen molar-refractivity contribution in [2.24, 2.45) is 5.73 Å². The van der Waals surface area contributed by atoms with E-state index in [-0.39, 0.29) is 11.6 Å². The quantitative estimate of drug-likeness (QED) is 0.903. The van der Waals surface area contributed by atoms with E-state index in [0.717, 1.165) is 5.56 Å². The first-order valence-corrected chi connectivity index (χ1v) is 5.59. The van der Waals surface area contributed by atoms with Gasteiger partial charge in [-0.15, -0.1) is 0 Å². The molecular formula is C14H14F2N2. The van der Waals surface area contributed by atoms with Gasteiger partial charge in [0.25, 0.3) is 0 Å². The monoisotopic (exact) mass is 248 g/mol. The Morgan fingerprint density at radius 2 is 1.89 bits per heavy atom. The topological polar surface area (TPSA) is 29.3 Å². The minimum absolute atomic E-state index is 0.293. The zero-order chi connectivity index (χ0) is 13.1. The number of anilines is 2. The number of hydrogen-bond donors (Lipinski definition) is 1. The second-order valence-electron chi connectivity index (χ2n) is 4.03. The number of halogens is 2. The maximum Gasteiger partial charge on any atom is 0.147 e. The van der Waals surface area contributed by atoms with Crippen molar-refractivity contribution in [1.29, 1.82) is 0 Å². The molecule has 0 aliphatic carbocycles. The lowest BCUT2D eigenvalue weighted by molar-refractivity contribution is 0.622. The molecule has 2 nitrogen and oxygen atoms in total. The molecule has 0 atom stereocenters. The third-order valence-electron chi connectivity index (χ3n) is 2.80. The molecule has 2 N–H and O–H groups in total. The van der Waals surface area contributed by atoms with Gasteiger partial charge in [0.05, 0.1) is 5.69 Å². The summed E-state index contributed by atoms with van der Waals surface area (Å²) >= 11 is 0. The molecule has 0 aromatic heterocycles. The van der Waals surface area contributed by atoms with E-state index in [9.17, 15) is 8.78 Å². The van der Waals surface area contributed by atoms with Crippen LogP contribution in [-0.4, -0.2) is 7.05 Å². The van der Waals surface area contributed by atoms with Gasteiger partial charge in [-0.05, 0) is 35.9 Å². The summed E-state index contributed by atoms with van der Waals surface area (Å²) in [5.74, 6) is -0.719. The van der Waals surface area contributed by atoms with Crippen LogP contribution in [0.5, 0.6) is 0 Å². The van der Waals surface area contributed by atoms with Crippen LogP contribution < -0.4 is 10.6 Å². The van der Waals surface area contributed by atoms with Crippen molar-refractivity contribution < 1.29 is 8.78 Å². The Hall–Kier alpha value is -1.94. The number of rotatable bonds is 3. The summed E-state index contributed by atoms with van der Waals surface area (Å²) in [7, 11) is 1.69. The Kier molecular flexibility index (Phi) is 3.58. The summed E-state index contributed by atoms with van der Waals surface area (Å²) in [5.41, 5.74) is 7.15. The second-order valence-corrected chi connectivity index (χ2v) is 4.03. The molecule has 0 heterocycles. The maximum atomic E-state index is 13.9. The Morgan fingerprint density at radius 3 is 2.50 bits per heavy atom. The van der Waals surface area contributed by atoms with Crippen molar-refractivity contribution in [3.8, 4) is 0 Å². The molecule has 4 heteroatoms. The molecule has 0 saturated heterocycles. The van der Waals surface area contributed by atoms with Gasteiger partial charge >= 0.3 is 0 Å². The van der Waals surface area contributed by atoms with Crippen LogP contribution >= 0.6 is 0 Å². The number of benzene rings is 2. The van der Waals surface area contributed by atoms with E-state index < -0.39 is 0 Å². The summed E-state index contributed by atoms with van der Waals surface area (Å²) in [6.07, 6.45) is 0. The molecule has 0 bridgehead atoms. The molecular weight excluding hydrogens is 234 g/mol. The molecule has 0 amide bonds. The van der Waals surface area contributed by atoms with Gasteiger partial charge in [0.1, 0.15) is 11.6 Å². The zero-order valence-corrected chi connectivity index (χ0v) is 10.0. The molecule has 94 valence electrons. The number of nitrogens with zero attached hydrogens (tertiary/aromatic N) is 1. The summed E-state index contributed by atoms with van der Waals surface area (Å²) in [5, 5.41) is 0. The van der Waals surface area contributed by atoms with Crippen LogP contribution in [0.4, 0.5) is 20.2 Å². The average Bonchev–Trinajstić information content (AvgIpc) is 2.37. The Balaban J connectivity index is 2.37. The van der Waals surface area contributed by atoms with Crippen LogP contribution in [0.3, 0.4) is 0 Å². The largest absolute Gasteiger partial charge is 0.342 e. The lowest BCUT2D eigenvalue weighted by Crippen LogP contribution is -2.12. The first kappa shape index (κ1) is 12.5. The van der Waals surface area contributed by atoms with Gasteiger partial charge < -0.3 is 10.6 Å². The first-order valence-electron chi connectivity index (χ1n) is 5.59. The van der Waals surface area contributed by atoms with Crippen molar-refractivity contribution in [1.82, 2.24) is 0 Å². The fourth-order valence-corrected chi connectivity index (χ4v) is 1.77. The molecule has 0 radical (unpaired) electrons. The van der Waals surface area contributed by atoms with E-state index in [1.165, 1.54) is 18.2 Å². The summed E-state index contributed by atoms with van der Waals surface area (Å²) < 4.78 is 27.0. The molecule has 0 saturated carbocycles. The zero-order valence-electron chi connectivity index (χ0n) is 10.0. The third kappa shape index (κ3) is 2.49. The van der Waals surface area contributed by atoms with Gasteiger partial charge in [-0.2, -0.15) is 0 Å². The first-order chi connectivity index (χ1) is 8.61. The van der Waals surface area contributed by atoms with Gasteiger partial charge in [-0.1, -0.05) is 12.1 Å². The van der Waals surface area contributed by atoms with E-state index in [0.29, 0.717) is 17.9 Å². The molecule has 2 rings (SSSR count). The summed E-state index contributed by atoms with van der Waals surface area (Å²) in [4.78, 5) is 1.60. The van der Waals surface area contributed by atoms with Crippen LogP contribution in [0.1, 0.15) is 5.56 Å². The van der Waals surface area contributed by atoms with Gasteiger partial charge in [0.2, 0.25) is 0 Å². The minimum Gasteiger partial charge on any atom is -0.342 e. The van der Waals surface area contributed by atoms with E-state index in [1.807, 2.05) is 0 Å². The highest BCUT2D eigenvalue weighted by atomic mass is 19.1. The fourth-order valence-electron chi connectivity index (χ4n) is 1.77. The second kappa shape index (κ2) is 5.14. The van der Waals surface area contributed by atoms with Crippen molar-refractivity contribution >= 4 is 11.4 Å². The van der Waals surface area contributed by atoms with Crippen LogP contribution in [-0.2, 0) is 6.54 Å². The average molecular weight is 248 g/mol. The smallest absolute Gasteiger partial charge is 0.147 e. The van der Waals surface area contributed by atoms with Crippen LogP contribution in [0.15, 0.2) is 42.5 Å². The maximum absolute atomic E-state index is 13.9. The predicted octanol–water partition coefficient (Wildman–Crippen LogP) is 3.19. The van der Waals surface area contributed by atoms with Crippen LogP contribution in [0, 0.1) is 11.6 Å². The lowest BCUT2D eigenvalue weighted by Gasteiger charge is -2.20. The number of hydrogen-bond acceptors (Lipinski definition) is 2. The molecule has 0 spiro atoms. The molecule has 2 aromatic carbocycles. The normalized spacial score (nSPS) is 10.4. The van der Waals surface area contributed by atoms with Crippen molar-refractivity contribution in [3.05, 3.63) is 59.7 Å². The molecule has 18 heavy (non-hydrogen) atoms. The molecule has 0 aliphatic rings. The summed E-state index contributed by atoms with van der Waals surface area (Å²) in [6.45, 7) is 0.293. The summed E-state index contributed by atoms with van der Waals surface area (Å²) in [6, 6.07) is 10.8. The van der Waals surface area contributed by atoms with E-state index in [4.69, 9.17) is 5.73 Å². The van der Waals surface area contributed by atoms with Crippen molar-refractivity contribution in [3.63, 3.8) is 0 Å².